The monoisotopic (exact) mass is 311 g/mol. The van der Waals surface area contributed by atoms with Crippen molar-refractivity contribution in [2.24, 2.45) is 0 Å². The van der Waals surface area contributed by atoms with Gasteiger partial charge in [-0.05, 0) is 18.4 Å². The molecular weight excluding hydrogens is 292 g/mol. The molecule has 0 amide bonds. The number of nitrogens with one attached hydrogen (secondary N) is 1. The predicted molar refractivity (Wildman–Crippen MR) is 87.8 cm³/mol. The highest BCUT2D eigenvalue weighted by atomic mass is 16.6. The van der Waals surface area contributed by atoms with Crippen LogP contribution in [-0.4, -0.2) is 24.6 Å². The zero-order valence-corrected chi connectivity index (χ0v) is 12.8. The van der Waals surface area contributed by atoms with E-state index in [9.17, 15) is 10.1 Å². The Hall–Kier alpha value is -2.63. The SMILES string of the molecule is O=[N+]([O-])c1ccc2[n+]3c1NCC3CN2CCCc1ccccc1. The van der Waals surface area contributed by atoms with Gasteiger partial charge in [0.15, 0.2) is 0 Å². The number of benzene rings is 1. The van der Waals surface area contributed by atoms with Gasteiger partial charge in [-0.1, -0.05) is 30.3 Å². The first-order valence-electron chi connectivity index (χ1n) is 8.00. The van der Waals surface area contributed by atoms with E-state index in [1.165, 1.54) is 5.56 Å². The van der Waals surface area contributed by atoms with Crippen LogP contribution in [0.1, 0.15) is 18.0 Å². The third-order valence-corrected chi connectivity index (χ3v) is 4.68. The molecule has 1 N–H and O–H groups in total. The summed E-state index contributed by atoms with van der Waals surface area (Å²) in [7, 11) is 0. The highest BCUT2D eigenvalue weighted by Crippen LogP contribution is 2.34. The van der Waals surface area contributed by atoms with Gasteiger partial charge in [-0.2, -0.15) is 0 Å². The highest BCUT2D eigenvalue weighted by molar-refractivity contribution is 5.58. The fourth-order valence-electron chi connectivity index (χ4n) is 3.63. The van der Waals surface area contributed by atoms with Crippen LogP contribution in [0.15, 0.2) is 42.5 Å². The number of aromatic nitrogens is 1. The first kappa shape index (κ1) is 14.0. The van der Waals surface area contributed by atoms with Crippen LogP contribution >= 0.6 is 0 Å². The van der Waals surface area contributed by atoms with Gasteiger partial charge in [0.1, 0.15) is 12.6 Å². The van der Waals surface area contributed by atoms with Crippen LogP contribution in [0.25, 0.3) is 0 Å². The molecule has 0 bridgehead atoms. The molecular formula is C17H19N4O2+. The predicted octanol–water partition coefficient (Wildman–Crippen LogP) is 2.30. The smallest absolute Gasteiger partial charge is 0.296 e. The van der Waals surface area contributed by atoms with E-state index in [-0.39, 0.29) is 10.6 Å². The molecule has 0 saturated heterocycles. The van der Waals surface area contributed by atoms with Gasteiger partial charge >= 0.3 is 11.5 Å². The molecule has 6 nitrogen and oxygen atoms in total. The number of nitrogens with zero attached hydrogens (tertiary/aromatic N) is 3. The Kier molecular flexibility index (Phi) is 3.37. The van der Waals surface area contributed by atoms with E-state index >= 15 is 0 Å². The number of anilines is 2. The van der Waals surface area contributed by atoms with E-state index in [1.807, 2.05) is 12.1 Å². The van der Waals surface area contributed by atoms with Crippen molar-refractivity contribution in [3.8, 4) is 0 Å². The summed E-state index contributed by atoms with van der Waals surface area (Å²) in [6.45, 7) is 2.67. The van der Waals surface area contributed by atoms with E-state index in [1.54, 1.807) is 6.07 Å². The van der Waals surface area contributed by atoms with E-state index in [0.29, 0.717) is 11.9 Å². The zero-order chi connectivity index (χ0) is 15.8. The number of pyridine rings is 1. The van der Waals surface area contributed by atoms with Gasteiger partial charge in [-0.15, -0.1) is 0 Å². The molecule has 0 radical (unpaired) electrons. The molecule has 118 valence electrons. The molecule has 2 aliphatic heterocycles. The zero-order valence-electron chi connectivity index (χ0n) is 12.8. The topological polar surface area (TPSA) is 62.3 Å². The Balaban J connectivity index is 1.50. The Morgan fingerprint density at radius 2 is 2.09 bits per heavy atom. The van der Waals surface area contributed by atoms with Crippen LogP contribution < -0.4 is 14.8 Å². The number of rotatable bonds is 5. The van der Waals surface area contributed by atoms with Crippen LogP contribution in [-0.2, 0) is 6.42 Å². The normalized spacial score (nSPS) is 17.9. The van der Waals surface area contributed by atoms with Crippen molar-refractivity contribution >= 4 is 17.3 Å². The second kappa shape index (κ2) is 5.53. The number of nitro groups is 1. The lowest BCUT2D eigenvalue weighted by Gasteiger charge is -2.14. The molecule has 1 aromatic carbocycles. The second-order valence-electron chi connectivity index (χ2n) is 6.12. The summed E-state index contributed by atoms with van der Waals surface area (Å²) in [4.78, 5) is 13.2. The third kappa shape index (κ3) is 2.40. The highest BCUT2D eigenvalue weighted by Gasteiger charge is 2.44. The molecule has 23 heavy (non-hydrogen) atoms. The second-order valence-corrected chi connectivity index (χ2v) is 6.12. The molecule has 0 spiro atoms. The molecule has 4 rings (SSSR count). The van der Waals surface area contributed by atoms with E-state index in [2.05, 4.69) is 39.0 Å². The summed E-state index contributed by atoms with van der Waals surface area (Å²) in [6, 6.07) is 14.3. The van der Waals surface area contributed by atoms with Crippen molar-refractivity contribution in [3.63, 3.8) is 0 Å². The minimum absolute atomic E-state index is 0.169. The first-order valence-corrected chi connectivity index (χ1v) is 8.00. The molecule has 6 heteroatoms. The van der Waals surface area contributed by atoms with Gasteiger partial charge in [0.25, 0.3) is 0 Å². The van der Waals surface area contributed by atoms with Crippen molar-refractivity contribution in [2.75, 3.05) is 29.9 Å². The summed E-state index contributed by atoms with van der Waals surface area (Å²) in [5.41, 5.74) is 1.52. The molecule has 0 fully saturated rings. The van der Waals surface area contributed by atoms with Crippen molar-refractivity contribution in [1.82, 2.24) is 0 Å². The minimum atomic E-state index is -0.309. The Morgan fingerprint density at radius 1 is 1.26 bits per heavy atom. The summed E-state index contributed by atoms with van der Waals surface area (Å²) in [5, 5.41) is 14.3. The lowest BCUT2D eigenvalue weighted by molar-refractivity contribution is -0.672. The summed E-state index contributed by atoms with van der Waals surface area (Å²) < 4.78 is 2.10. The van der Waals surface area contributed by atoms with E-state index in [4.69, 9.17) is 0 Å². The van der Waals surface area contributed by atoms with E-state index in [0.717, 1.165) is 38.3 Å². The van der Waals surface area contributed by atoms with Crippen molar-refractivity contribution < 1.29 is 9.49 Å². The van der Waals surface area contributed by atoms with Crippen molar-refractivity contribution in [2.45, 2.75) is 18.9 Å². The molecule has 0 saturated carbocycles. The molecule has 1 unspecified atom stereocenters. The van der Waals surface area contributed by atoms with Crippen LogP contribution in [0.3, 0.4) is 0 Å². The fourth-order valence-corrected chi connectivity index (χ4v) is 3.63. The molecule has 1 aromatic heterocycles. The Morgan fingerprint density at radius 3 is 2.87 bits per heavy atom. The molecule has 1 atom stereocenters. The molecule has 3 heterocycles. The summed E-state index contributed by atoms with van der Waals surface area (Å²) in [5.74, 6) is 1.75. The lowest BCUT2D eigenvalue weighted by Crippen LogP contribution is -2.34. The minimum Gasteiger partial charge on any atom is -0.296 e. The standard InChI is InChI=1S/C17H18N4O2/c22-21(23)15-8-9-16-19(12-14-11-18-17(15)20(14)16)10-4-7-13-5-2-1-3-6-13/h1-3,5-6,8-9,14H,4,7,10-12H2/p+1. The van der Waals surface area contributed by atoms with Gasteiger partial charge in [0.2, 0.25) is 5.82 Å². The van der Waals surface area contributed by atoms with Crippen LogP contribution in [0.2, 0.25) is 0 Å². The Labute approximate surface area is 134 Å². The lowest BCUT2D eigenvalue weighted by atomic mass is 10.1. The maximum absolute atomic E-state index is 11.1. The summed E-state index contributed by atoms with van der Waals surface area (Å²) >= 11 is 0. The maximum Gasteiger partial charge on any atom is 0.341 e. The third-order valence-electron chi connectivity index (χ3n) is 4.68. The average Bonchev–Trinajstić information content (AvgIpc) is 3.13. The largest absolute Gasteiger partial charge is 0.341 e. The quantitative estimate of drug-likeness (QED) is 0.523. The average molecular weight is 311 g/mol. The number of hydrogen-bond acceptors (Lipinski definition) is 4. The van der Waals surface area contributed by atoms with Gasteiger partial charge in [-0.3, -0.25) is 20.3 Å². The number of aryl methyl sites for hydroxylation is 1. The van der Waals surface area contributed by atoms with Crippen LogP contribution in [0, 0.1) is 10.1 Å². The number of hydrogen-bond donors (Lipinski definition) is 1. The van der Waals surface area contributed by atoms with Crippen molar-refractivity contribution in [1.29, 1.82) is 0 Å². The van der Waals surface area contributed by atoms with Crippen LogP contribution in [0.4, 0.5) is 17.3 Å². The molecule has 0 aliphatic carbocycles. The van der Waals surface area contributed by atoms with Crippen LogP contribution in [0.5, 0.6) is 0 Å². The maximum atomic E-state index is 11.1. The molecule has 2 aromatic rings. The van der Waals surface area contributed by atoms with Gasteiger partial charge in [0.05, 0.1) is 18.0 Å². The van der Waals surface area contributed by atoms with Gasteiger partial charge in [0, 0.05) is 12.1 Å². The first-order chi connectivity index (χ1) is 11.2. The fraction of sp³-hybridized carbons (Fsp3) is 0.353. The Bertz CT molecular complexity index is 748. The van der Waals surface area contributed by atoms with Gasteiger partial charge < -0.3 is 0 Å². The van der Waals surface area contributed by atoms with E-state index < -0.39 is 0 Å². The summed E-state index contributed by atoms with van der Waals surface area (Å²) in [6.07, 6.45) is 2.14. The van der Waals surface area contributed by atoms with Crippen molar-refractivity contribution in [3.05, 3.63) is 58.1 Å². The van der Waals surface area contributed by atoms with Gasteiger partial charge in [-0.25, -0.2) is 4.57 Å². The molecule has 2 aliphatic rings.